The summed E-state index contributed by atoms with van der Waals surface area (Å²) in [5.74, 6) is -3.74. The second-order valence-electron chi connectivity index (χ2n) is 9.13. The van der Waals surface area contributed by atoms with Gasteiger partial charge in [0, 0.05) is 29.0 Å². The maximum atomic E-state index is 14.6. The van der Waals surface area contributed by atoms with E-state index in [0.717, 1.165) is 30.0 Å². The Kier molecular flexibility index (Phi) is 12.9. The first kappa shape index (κ1) is 35.9. The number of hydrogen-bond donors (Lipinski definition) is 2. The van der Waals surface area contributed by atoms with Gasteiger partial charge in [0.1, 0.15) is 18.4 Å². The Balaban J connectivity index is 2.22. The fourth-order valence-corrected chi connectivity index (χ4v) is 4.47. The van der Waals surface area contributed by atoms with Crippen LogP contribution in [0.4, 0.5) is 43.9 Å². The Labute approximate surface area is 245 Å². The Morgan fingerprint density at radius 3 is 2.19 bits per heavy atom. The second kappa shape index (κ2) is 15.4. The van der Waals surface area contributed by atoms with Gasteiger partial charge in [-0.05, 0) is 43.1 Å². The summed E-state index contributed by atoms with van der Waals surface area (Å²) in [5.41, 5.74) is 5.26. The summed E-state index contributed by atoms with van der Waals surface area (Å²) >= 11 is 0.993. The Bertz CT molecular complexity index is 1270. The molecule has 0 radical (unpaired) electrons. The van der Waals surface area contributed by atoms with E-state index in [9.17, 15) is 43.9 Å². The first-order valence-corrected chi connectivity index (χ1v) is 13.5. The quantitative estimate of drug-likeness (QED) is 0.162. The van der Waals surface area contributed by atoms with Crippen LogP contribution >= 0.6 is 11.8 Å². The van der Waals surface area contributed by atoms with E-state index in [1.807, 2.05) is 0 Å². The number of thioether (sulfide) groups is 1. The highest BCUT2D eigenvalue weighted by molar-refractivity contribution is 8.02. The topological polar surface area (TPSA) is 80.3 Å². The van der Waals surface area contributed by atoms with E-state index in [-0.39, 0.29) is 42.3 Å². The lowest BCUT2D eigenvalue weighted by Gasteiger charge is -2.19. The molecule has 5 nitrogen and oxygen atoms in total. The molecule has 2 aromatic rings. The van der Waals surface area contributed by atoms with E-state index in [4.69, 9.17) is 15.7 Å². The van der Waals surface area contributed by atoms with Crippen LogP contribution in [-0.2, 0) is 11.9 Å². The van der Waals surface area contributed by atoms with Crippen LogP contribution < -0.4 is 20.5 Å². The van der Waals surface area contributed by atoms with Gasteiger partial charge in [-0.25, -0.2) is 4.39 Å². The summed E-state index contributed by atoms with van der Waals surface area (Å²) in [5, 5.41) is 11.9. The maximum absolute atomic E-state index is 14.6. The average molecular weight is 648 g/mol. The van der Waals surface area contributed by atoms with Gasteiger partial charge < -0.3 is 20.5 Å². The zero-order chi connectivity index (χ0) is 32.4. The number of nitrogens with two attached hydrogens (primary N) is 1. The van der Waals surface area contributed by atoms with E-state index in [2.05, 4.69) is 10.1 Å². The lowest BCUT2D eigenvalue weighted by Crippen LogP contribution is -2.29. The van der Waals surface area contributed by atoms with Crippen molar-refractivity contribution in [3.63, 3.8) is 0 Å². The summed E-state index contributed by atoms with van der Waals surface area (Å²) in [6, 6.07) is 7.11. The third-order valence-electron chi connectivity index (χ3n) is 5.90. The van der Waals surface area contributed by atoms with Crippen LogP contribution in [0.5, 0.6) is 11.5 Å². The summed E-state index contributed by atoms with van der Waals surface area (Å²) in [7, 11) is 0. The third kappa shape index (κ3) is 12.1. The first-order valence-electron chi connectivity index (χ1n) is 12.5. The van der Waals surface area contributed by atoms with Gasteiger partial charge in [0.2, 0.25) is 0 Å². The Morgan fingerprint density at radius 1 is 1.00 bits per heavy atom. The van der Waals surface area contributed by atoms with E-state index in [1.54, 1.807) is 0 Å². The summed E-state index contributed by atoms with van der Waals surface area (Å²) in [4.78, 5) is 0.219. The molecule has 0 aliphatic heterocycles. The molecular weight excluding hydrogens is 620 g/mol. The number of nitrogens with one attached hydrogen (secondary N) is 1. The summed E-state index contributed by atoms with van der Waals surface area (Å²) in [6.07, 6.45) is -14.0. The predicted molar refractivity (Wildman–Crippen MR) is 139 cm³/mol. The minimum Gasteiger partial charge on any atom is -0.485 e. The van der Waals surface area contributed by atoms with E-state index in [1.165, 1.54) is 25.1 Å². The zero-order valence-corrected chi connectivity index (χ0v) is 23.3. The van der Waals surface area contributed by atoms with Crippen molar-refractivity contribution in [1.82, 2.24) is 5.32 Å². The van der Waals surface area contributed by atoms with E-state index >= 15 is 0 Å². The molecule has 2 aromatic carbocycles. The molecular formula is C27H27F10N3O2S. The molecule has 16 heteroatoms. The van der Waals surface area contributed by atoms with Gasteiger partial charge >= 0.3 is 18.5 Å². The van der Waals surface area contributed by atoms with Gasteiger partial charge in [0.05, 0.1) is 17.0 Å². The van der Waals surface area contributed by atoms with Gasteiger partial charge in [-0.2, -0.15) is 44.8 Å². The van der Waals surface area contributed by atoms with Gasteiger partial charge in [0.15, 0.2) is 18.2 Å². The van der Waals surface area contributed by atoms with Crippen LogP contribution in [0.15, 0.2) is 47.0 Å². The normalized spacial score (nSPS) is 13.7. The minimum atomic E-state index is -4.74. The SMILES string of the molecule is CCC(CCNC/C(N)=C(\COc1cc(OCC(F)(F)F)c(C#N)cc1F)SCc1ccc(C(F)(F)F)cc1)C(F)(F)F. The largest absolute Gasteiger partial charge is 0.485 e. The fourth-order valence-electron chi connectivity index (χ4n) is 3.54. The molecule has 0 heterocycles. The van der Waals surface area contributed by atoms with Crippen LogP contribution in [0, 0.1) is 23.1 Å². The molecule has 43 heavy (non-hydrogen) atoms. The molecule has 0 saturated carbocycles. The van der Waals surface area contributed by atoms with Crippen LogP contribution in [0.1, 0.15) is 36.5 Å². The predicted octanol–water partition coefficient (Wildman–Crippen LogP) is 7.71. The first-order chi connectivity index (χ1) is 19.9. The number of alkyl halides is 9. The van der Waals surface area contributed by atoms with Crippen LogP contribution in [0.2, 0.25) is 0 Å². The number of halogens is 10. The highest BCUT2D eigenvalue weighted by atomic mass is 32.2. The van der Waals surface area contributed by atoms with Crippen molar-refractivity contribution in [3.05, 3.63) is 69.5 Å². The van der Waals surface area contributed by atoms with Gasteiger partial charge in [-0.3, -0.25) is 0 Å². The lowest BCUT2D eigenvalue weighted by molar-refractivity contribution is -0.176. The standard InChI is InChI=1S/C27H27F10N3O2S/c1-2-18(26(32,33)34)7-8-40-12-21(39)24(43-14-16-3-5-19(6-4-16)27(35,36)37)13-41-23-10-22(42-15-25(29,30)31)17(11-38)9-20(23)28/h3-6,9-10,18,40H,2,7-8,12-15,39H2,1H3/b24-21-. The van der Waals surface area contributed by atoms with Crippen molar-refractivity contribution in [3.8, 4) is 17.6 Å². The molecule has 3 N–H and O–H groups in total. The highest BCUT2D eigenvalue weighted by Crippen LogP contribution is 2.33. The molecule has 0 aromatic heterocycles. The Morgan fingerprint density at radius 2 is 1.65 bits per heavy atom. The zero-order valence-electron chi connectivity index (χ0n) is 22.5. The molecule has 238 valence electrons. The average Bonchev–Trinajstić information content (AvgIpc) is 2.91. The molecule has 0 aliphatic carbocycles. The molecule has 1 atom stereocenters. The fraction of sp³-hybridized carbons (Fsp3) is 0.444. The smallest absolute Gasteiger partial charge is 0.422 e. The van der Waals surface area contributed by atoms with Crippen molar-refractivity contribution in [2.75, 3.05) is 26.3 Å². The van der Waals surface area contributed by atoms with Gasteiger partial charge in [0.25, 0.3) is 0 Å². The van der Waals surface area contributed by atoms with Gasteiger partial charge in [-0.1, -0.05) is 19.1 Å². The Hall–Kier alpha value is -3.32. The number of nitriles is 1. The minimum absolute atomic E-state index is 0.0550. The van der Waals surface area contributed by atoms with Crippen molar-refractivity contribution in [1.29, 1.82) is 5.26 Å². The van der Waals surface area contributed by atoms with Crippen LogP contribution in [-0.4, -0.2) is 38.7 Å². The number of ether oxygens (including phenoxy) is 2. The number of rotatable bonds is 14. The van der Waals surface area contributed by atoms with E-state index < -0.39 is 66.1 Å². The molecule has 1 unspecified atom stereocenters. The highest BCUT2D eigenvalue weighted by Gasteiger charge is 2.37. The number of nitrogens with zero attached hydrogens (tertiary/aromatic N) is 1. The summed E-state index contributed by atoms with van der Waals surface area (Å²) in [6.45, 7) is -1.00. The van der Waals surface area contributed by atoms with Crippen LogP contribution in [0.3, 0.4) is 0 Å². The molecule has 0 spiro atoms. The lowest BCUT2D eigenvalue weighted by atomic mass is 10.0. The maximum Gasteiger partial charge on any atom is 0.422 e. The number of benzene rings is 2. The van der Waals surface area contributed by atoms with Crippen molar-refractivity contribution < 1.29 is 53.4 Å². The van der Waals surface area contributed by atoms with Crippen molar-refractivity contribution in [2.45, 2.75) is 44.0 Å². The number of hydrogen-bond acceptors (Lipinski definition) is 6. The van der Waals surface area contributed by atoms with Crippen molar-refractivity contribution in [2.24, 2.45) is 11.7 Å². The third-order valence-corrected chi connectivity index (χ3v) is 7.10. The van der Waals surface area contributed by atoms with Gasteiger partial charge in [-0.15, -0.1) is 11.8 Å². The second-order valence-corrected chi connectivity index (χ2v) is 10.2. The van der Waals surface area contributed by atoms with Crippen LogP contribution in [0.25, 0.3) is 0 Å². The summed E-state index contributed by atoms with van der Waals surface area (Å²) < 4.78 is 140. The molecule has 0 amide bonds. The molecule has 0 aliphatic rings. The molecule has 0 bridgehead atoms. The molecule has 0 fully saturated rings. The van der Waals surface area contributed by atoms with E-state index in [0.29, 0.717) is 11.6 Å². The molecule has 2 rings (SSSR count). The van der Waals surface area contributed by atoms with Crippen molar-refractivity contribution >= 4 is 11.8 Å². The monoisotopic (exact) mass is 647 g/mol. The molecule has 0 saturated heterocycles.